The SMILES string of the molecule is NC(=NO)C1(NC(=O)NC2CC2)CCCCC1. The summed E-state index contributed by atoms with van der Waals surface area (Å²) in [6.45, 7) is 0. The molecule has 0 aromatic heterocycles. The van der Waals surface area contributed by atoms with Gasteiger partial charge in [0.2, 0.25) is 0 Å². The van der Waals surface area contributed by atoms with Crippen molar-refractivity contribution in [3.63, 3.8) is 0 Å². The summed E-state index contributed by atoms with van der Waals surface area (Å²) in [6, 6.07) is 0.101. The maximum absolute atomic E-state index is 11.8. The molecule has 2 aliphatic carbocycles. The molecule has 6 nitrogen and oxygen atoms in total. The Balaban J connectivity index is 2.01. The number of rotatable bonds is 3. The van der Waals surface area contributed by atoms with Crippen LogP contribution in [0, 0.1) is 0 Å². The topological polar surface area (TPSA) is 99.7 Å². The zero-order valence-electron chi connectivity index (χ0n) is 9.91. The summed E-state index contributed by atoms with van der Waals surface area (Å²) < 4.78 is 0. The van der Waals surface area contributed by atoms with Crippen LogP contribution in [0.1, 0.15) is 44.9 Å². The Morgan fingerprint density at radius 3 is 2.47 bits per heavy atom. The summed E-state index contributed by atoms with van der Waals surface area (Å²) in [6.07, 6.45) is 6.67. The van der Waals surface area contributed by atoms with Gasteiger partial charge in [-0.15, -0.1) is 0 Å². The van der Waals surface area contributed by atoms with Gasteiger partial charge in [0.1, 0.15) is 5.54 Å². The molecule has 0 saturated heterocycles. The largest absolute Gasteiger partial charge is 0.409 e. The fourth-order valence-corrected chi connectivity index (χ4v) is 2.36. The molecule has 5 N–H and O–H groups in total. The van der Waals surface area contributed by atoms with Gasteiger partial charge in [0, 0.05) is 6.04 Å². The van der Waals surface area contributed by atoms with Crippen molar-refractivity contribution in [2.24, 2.45) is 10.9 Å². The van der Waals surface area contributed by atoms with E-state index in [4.69, 9.17) is 10.9 Å². The Hall–Kier alpha value is -1.46. The number of oxime groups is 1. The Morgan fingerprint density at radius 1 is 1.29 bits per heavy atom. The summed E-state index contributed by atoms with van der Waals surface area (Å²) in [5, 5.41) is 17.7. The van der Waals surface area contributed by atoms with Crippen LogP contribution in [0.2, 0.25) is 0 Å². The number of urea groups is 1. The Morgan fingerprint density at radius 2 is 1.94 bits per heavy atom. The molecule has 0 heterocycles. The fraction of sp³-hybridized carbons (Fsp3) is 0.818. The minimum absolute atomic E-state index is 0.114. The van der Waals surface area contributed by atoms with Crippen LogP contribution < -0.4 is 16.4 Å². The third kappa shape index (κ3) is 2.81. The summed E-state index contributed by atoms with van der Waals surface area (Å²) >= 11 is 0. The number of nitrogens with one attached hydrogen (secondary N) is 2. The molecule has 0 aliphatic heterocycles. The van der Waals surface area contributed by atoms with Gasteiger partial charge in [-0.3, -0.25) is 0 Å². The van der Waals surface area contributed by atoms with E-state index in [9.17, 15) is 4.79 Å². The van der Waals surface area contributed by atoms with E-state index in [0.717, 1.165) is 44.9 Å². The number of hydrogen-bond donors (Lipinski definition) is 4. The third-order valence-corrected chi connectivity index (χ3v) is 3.57. The van der Waals surface area contributed by atoms with Gasteiger partial charge in [-0.05, 0) is 25.7 Å². The van der Waals surface area contributed by atoms with Crippen molar-refractivity contribution in [3.8, 4) is 0 Å². The highest BCUT2D eigenvalue weighted by molar-refractivity contribution is 5.93. The van der Waals surface area contributed by atoms with Crippen LogP contribution in [0.25, 0.3) is 0 Å². The van der Waals surface area contributed by atoms with Gasteiger partial charge in [-0.25, -0.2) is 4.79 Å². The first-order chi connectivity index (χ1) is 8.16. The first-order valence-corrected chi connectivity index (χ1v) is 6.23. The number of hydrogen-bond acceptors (Lipinski definition) is 3. The van der Waals surface area contributed by atoms with E-state index in [1.54, 1.807) is 0 Å². The van der Waals surface area contributed by atoms with E-state index in [2.05, 4.69) is 15.8 Å². The summed E-state index contributed by atoms with van der Waals surface area (Å²) in [4.78, 5) is 11.8. The van der Waals surface area contributed by atoms with Crippen molar-refractivity contribution in [2.75, 3.05) is 0 Å². The molecule has 2 aliphatic rings. The molecule has 2 fully saturated rings. The van der Waals surface area contributed by atoms with Gasteiger partial charge in [0.05, 0.1) is 0 Å². The second-order valence-corrected chi connectivity index (χ2v) is 5.00. The maximum Gasteiger partial charge on any atom is 0.315 e. The Bertz CT molecular complexity index is 319. The number of carbonyl (C=O) groups is 1. The highest BCUT2D eigenvalue weighted by Gasteiger charge is 2.38. The molecule has 0 aromatic rings. The number of carbonyl (C=O) groups excluding carboxylic acids is 1. The minimum Gasteiger partial charge on any atom is -0.409 e. The molecule has 6 heteroatoms. The average molecular weight is 240 g/mol. The first kappa shape index (κ1) is 12.0. The fourth-order valence-electron chi connectivity index (χ4n) is 2.36. The number of amidine groups is 1. The molecule has 0 bridgehead atoms. The normalized spacial score (nSPS) is 24.1. The van der Waals surface area contributed by atoms with Crippen molar-refractivity contribution >= 4 is 11.9 Å². The second-order valence-electron chi connectivity index (χ2n) is 5.00. The van der Waals surface area contributed by atoms with Crippen LogP contribution in [0.5, 0.6) is 0 Å². The minimum atomic E-state index is -0.661. The molecular formula is C11H20N4O2. The van der Waals surface area contributed by atoms with Gasteiger partial charge in [0.15, 0.2) is 5.84 Å². The van der Waals surface area contributed by atoms with Crippen LogP contribution in [0.15, 0.2) is 5.16 Å². The maximum atomic E-state index is 11.8. The van der Waals surface area contributed by atoms with Crippen molar-refractivity contribution in [3.05, 3.63) is 0 Å². The molecule has 0 radical (unpaired) electrons. The Kier molecular flexibility index (Phi) is 3.40. The van der Waals surface area contributed by atoms with Crippen molar-refractivity contribution in [2.45, 2.75) is 56.5 Å². The molecule has 2 amide bonds. The molecule has 0 unspecified atom stereocenters. The third-order valence-electron chi connectivity index (χ3n) is 3.57. The monoisotopic (exact) mass is 240 g/mol. The van der Waals surface area contributed by atoms with Crippen molar-refractivity contribution in [1.82, 2.24) is 10.6 Å². The Labute approximate surface area is 101 Å². The first-order valence-electron chi connectivity index (χ1n) is 6.23. The van der Waals surface area contributed by atoms with Crippen molar-refractivity contribution in [1.29, 1.82) is 0 Å². The summed E-state index contributed by atoms with van der Waals surface area (Å²) in [5.74, 6) is 0.114. The van der Waals surface area contributed by atoms with E-state index < -0.39 is 5.54 Å². The summed E-state index contributed by atoms with van der Waals surface area (Å²) in [5.41, 5.74) is 5.07. The van der Waals surface area contributed by atoms with Gasteiger partial charge >= 0.3 is 6.03 Å². The standard InChI is InChI=1S/C11H20N4O2/c12-9(15-17)11(6-2-1-3-7-11)14-10(16)13-8-4-5-8/h8,17H,1-7H2,(H2,12,15)(H2,13,14,16). The molecule has 0 aromatic carbocycles. The number of nitrogens with two attached hydrogens (primary N) is 1. The molecule has 96 valence electrons. The van der Waals surface area contributed by atoms with Crippen LogP contribution >= 0.6 is 0 Å². The van der Waals surface area contributed by atoms with E-state index >= 15 is 0 Å². The van der Waals surface area contributed by atoms with Gasteiger partial charge in [-0.1, -0.05) is 24.4 Å². The van der Waals surface area contributed by atoms with E-state index in [1.807, 2.05) is 0 Å². The van der Waals surface area contributed by atoms with Gasteiger partial charge < -0.3 is 21.6 Å². The number of nitrogens with zero attached hydrogens (tertiary/aromatic N) is 1. The van der Waals surface area contributed by atoms with Crippen LogP contribution in [-0.4, -0.2) is 28.7 Å². The zero-order chi connectivity index (χ0) is 12.3. The highest BCUT2D eigenvalue weighted by atomic mass is 16.4. The molecule has 2 rings (SSSR count). The van der Waals surface area contributed by atoms with E-state index in [1.165, 1.54) is 0 Å². The molecule has 0 spiro atoms. The predicted octanol–water partition coefficient (Wildman–Crippen LogP) is 0.897. The lowest BCUT2D eigenvalue weighted by Crippen LogP contribution is -2.60. The number of amides is 2. The molecule has 17 heavy (non-hydrogen) atoms. The predicted molar refractivity (Wildman–Crippen MR) is 63.9 cm³/mol. The van der Waals surface area contributed by atoms with Crippen molar-refractivity contribution < 1.29 is 10.0 Å². The summed E-state index contributed by atoms with van der Waals surface area (Å²) in [7, 11) is 0. The van der Waals surface area contributed by atoms with Gasteiger partial charge in [0.25, 0.3) is 0 Å². The highest BCUT2D eigenvalue weighted by Crippen LogP contribution is 2.28. The smallest absolute Gasteiger partial charge is 0.315 e. The molecule has 2 saturated carbocycles. The van der Waals surface area contributed by atoms with Crippen LogP contribution in [0.4, 0.5) is 4.79 Å². The zero-order valence-corrected chi connectivity index (χ0v) is 9.91. The lowest BCUT2D eigenvalue weighted by Gasteiger charge is -2.36. The van der Waals surface area contributed by atoms with Crippen LogP contribution in [0.3, 0.4) is 0 Å². The average Bonchev–Trinajstić information content (AvgIpc) is 3.12. The van der Waals surface area contributed by atoms with E-state index in [-0.39, 0.29) is 11.9 Å². The molecule has 0 atom stereocenters. The lowest BCUT2D eigenvalue weighted by atomic mass is 9.81. The van der Waals surface area contributed by atoms with Gasteiger partial charge in [-0.2, -0.15) is 0 Å². The molecular weight excluding hydrogens is 220 g/mol. The second kappa shape index (κ2) is 4.81. The van der Waals surface area contributed by atoms with E-state index in [0.29, 0.717) is 6.04 Å². The quantitative estimate of drug-likeness (QED) is 0.255. The lowest BCUT2D eigenvalue weighted by molar-refractivity contribution is 0.221. The van der Waals surface area contributed by atoms with Crippen LogP contribution in [-0.2, 0) is 0 Å².